The molecular formula is C25H28ClFN4O3. The van der Waals surface area contributed by atoms with Gasteiger partial charge < -0.3 is 15.4 Å². The Morgan fingerprint density at radius 1 is 1.21 bits per heavy atom. The standard InChI is InChI=1S/C25H28ClFN4O3/c26-20-7-6-18(10-21(20)27)34-15-23(32)29-22-13-25(11-17(22)12-25)30-24(33)19-5-2-1-4-16(19)14-31-9-3-8-28-31/h1-2,4-7,10,17,22,28H,3,8-9,11-15H2,(H,29,32)(H,30,33). The number of ether oxygens (including phenoxy) is 1. The van der Waals surface area contributed by atoms with E-state index in [1.807, 2.05) is 24.3 Å². The third-order valence-electron chi connectivity index (χ3n) is 7.04. The van der Waals surface area contributed by atoms with E-state index in [0.717, 1.165) is 44.0 Å². The van der Waals surface area contributed by atoms with Gasteiger partial charge in [0.2, 0.25) is 0 Å². The van der Waals surface area contributed by atoms with Crippen molar-refractivity contribution >= 4 is 23.4 Å². The van der Waals surface area contributed by atoms with Crippen LogP contribution in [0.25, 0.3) is 0 Å². The van der Waals surface area contributed by atoms with E-state index < -0.39 is 5.82 Å². The summed E-state index contributed by atoms with van der Waals surface area (Å²) < 4.78 is 18.9. The zero-order valence-electron chi connectivity index (χ0n) is 18.8. The van der Waals surface area contributed by atoms with Gasteiger partial charge in [-0.3, -0.25) is 15.0 Å². The van der Waals surface area contributed by atoms with Gasteiger partial charge in [-0.05, 0) is 55.4 Å². The number of hydrazine groups is 1. The SMILES string of the molecule is O=C(COc1ccc(Cl)c(F)c1)NC1CC2(NC(=O)c3ccccc3CN3CCCN3)CC1C2. The molecule has 1 saturated heterocycles. The molecule has 1 heterocycles. The predicted molar refractivity (Wildman–Crippen MR) is 126 cm³/mol. The maximum absolute atomic E-state index is 13.5. The lowest BCUT2D eigenvalue weighted by Gasteiger charge is -2.39. The Kier molecular flexibility index (Phi) is 6.46. The molecule has 0 aromatic heterocycles. The van der Waals surface area contributed by atoms with Crippen molar-refractivity contribution in [3.63, 3.8) is 0 Å². The maximum Gasteiger partial charge on any atom is 0.258 e. The summed E-state index contributed by atoms with van der Waals surface area (Å²) in [5.74, 6) is -0.334. The molecule has 2 amide bonds. The Balaban J connectivity index is 1.14. The van der Waals surface area contributed by atoms with E-state index in [-0.39, 0.29) is 40.8 Å². The number of amides is 2. The highest BCUT2D eigenvalue weighted by Crippen LogP contribution is 2.52. The third kappa shape index (κ3) is 4.89. The molecule has 2 aromatic rings. The Bertz CT molecular complexity index is 1090. The van der Waals surface area contributed by atoms with E-state index in [0.29, 0.717) is 24.4 Å². The Morgan fingerprint density at radius 3 is 2.79 bits per heavy atom. The number of carbonyl (C=O) groups excluding carboxylic acids is 2. The van der Waals surface area contributed by atoms with Gasteiger partial charge in [-0.15, -0.1) is 0 Å². The third-order valence-corrected chi connectivity index (χ3v) is 7.34. The maximum atomic E-state index is 13.5. The molecule has 1 unspecified atom stereocenters. The van der Waals surface area contributed by atoms with E-state index in [2.05, 4.69) is 21.1 Å². The van der Waals surface area contributed by atoms with E-state index in [9.17, 15) is 14.0 Å². The van der Waals surface area contributed by atoms with Crippen LogP contribution in [0.1, 0.15) is 41.6 Å². The highest BCUT2D eigenvalue weighted by atomic mass is 35.5. The number of halogens is 2. The number of nitrogens with one attached hydrogen (secondary N) is 3. The fourth-order valence-electron chi connectivity index (χ4n) is 5.38. The summed E-state index contributed by atoms with van der Waals surface area (Å²) in [5, 5.41) is 8.42. The fraction of sp³-hybridized carbons (Fsp3) is 0.440. The number of benzene rings is 2. The van der Waals surface area contributed by atoms with Gasteiger partial charge in [0.05, 0.1) is 5.02 Å². The van der Waals surface area contributed by atoms with Crippen LogP contribution < -0.4 is 20.8 Å². The molecule has 3 aliphatic carbocycles. The first-order chi connectivity index (χ1) is 16.4. The Hall–Kier alpha value is -2.68. The number of fused-ring (bicyclic) bond motifs is 1. The first-order valence-corrected chi connectivity index (χ1v) is 12.0. The lowest BCUT2D eigenvalue weighted by atomic mass is 9.76. The number of rotatable bonds is 8. The highest BCUT2D eigenvalue weighted by Gasteiger charge is 2.57. The van der Waals surface area contributed by atoms with Gasteiger partial charge in [-0.1, -0.05) is 29.8 Å². The molecule has 0 spiro atoms. The van der Waals surface area contributed by atoms with Crippen molar-refractivity contribution in [3.8, 4) is 5.75 Å². The van der Waals surface area contributed by atoms with Crippen LogP contribution in [0.15, 0.2) is 42.5 Å². The van der Waals surface area contributed by atoms with E-state index in [1.165, 1.54) is 12.1 Å². The minimum atomic E-state index is -0.591. The summed E-state index contributed by atoms with van der Waals surface area (Å²) in [7, 11) is 0. The van der Waals surface area contributed by atoms with Crippen molar-refractivity contribution in [1.82, 2.24) is 21.1 Å². The Morgan fingerprint density at radius 2 is 2.03 bits per heavy atom. The van der Waals surface area contributed by atoms with Crippen LogP contribution in [0.4, 0.5) is 4.39 Å². The van der Waals surface area contributed by atoms with Gasteiger partial charge in [0.25, 0.3) is 11.8 Å². The van der Waals surface area contributed by atoms with Crippen molar-refractivity contribution < 1.29 is 18.7 Å². The van der Waals surface area contributed by atoms with Crippen molar-refractivity contribution in [3.05, 3.63) is 64.4 Å². The van der Waals surface area contributed by atoms with Crippen molar-refractivity contribution in [2.24, 2.45) is 5.92 Å². The van der Waals surface area contributed by atoms with Crippen LogP contribution in [-0.4, -0.2) is 48.1 Å². The normalized spacial score (nSPS) is 25.6. The molecule has 34 heavy (non-hydrogen) atoms. The topological polar surface area (TPSA) is 82.7 Å². The number of hydrogen-bond donors (Lipinski definition) is 3. The first kappa shape index (κ1) is 23.1. The Labute approximate surface area is 203 Å². The number of carbonyl (C=O) groups is 2. The summed E-state index contributed by atoms with van der Waals surface area (Å²) in [6.07, 6.45) is 3.50. The molecule has 6 rings (SSSR count). The highest BCUT2D eigenvalue weighted by molar-refractivity contribution is 6.30. The average Bonchev–Trinajstić information content (AvgIpc) is 3.50. The van der Waals surface area contributed by atoms with Crippen molar-refractivity contribution in [2.45, 2.75) is 43.8 Å². The van der Waals surface area contributed by atoms with E-state index in [1.54, 1.807) is 0 Å². The second-order valence-electron chi connectivity index (χ2n) is 9.49. The zero-order valence-corrected chi connectivity index (χ0v) is 19.5. The van der Waals surface area contributed by atoms with Gasteiger partial charge in [-0.2, -0.15) is 0 Å². The average molecular weight is 487 g/mol. The molecule has 1 atom stereocenters. The summed E-state index contributed by atoms with van der Waals surface area (Å²) in [6.45, 7) is 2.42. The fourth-order valence-corrected chi connectivity index (χ4v) is 5.50. The predicted octanol–water partition coefficient (Wildman–Crippen LogP) is 3.04. The molecule has 3 N–H and O–H groups in total. The quantitative estimate of drug-likeness (QED) is 0.534. The largest absolute Gasteiger partial charge is 0.484 e. The minimum absolute atomic E-state index is 0.00483. The molecule has 3 saturated carbocycles. The van der Waals surface area contributed by atoms with Crippen LogP contribution in [-0.2, 0) is 11.3 Å². The monoisotopic (exact) mass is 486 g/mol. The first-order valence-electron chi connectivity index (χ1n) is 11.7. The van der Waals surface area contributed by atoms with Crippen LogP contribution in [0.5, 0.6) is 5.75 Å². The molecule has 4 aliphatic rings. The summed E-state index contributed by atoms with van der Waals surface area (Å²) in [4.78, 5) is 25.6. The lowest BCUT2D eigenvalue weighted by Crippen LogP contribution is -2.52. The van der Waals surface area contributed by atoms with Gasteiger partial charge in [0.1, 0.15) is 11.6 Å². The van der Waals surface area contributed by atoms with E-state index >= 15 is 0 Å². The second-order valence-corrected chi connectivity index (χ2v) is 9.89. The van der Waals surface area contributed by atoms with Gasteiger partial charge in [0, 0.05) is 42.8 Å². The molecule has 4 fully saturated rings. The molecule has 2 aromatic carbocycles. The molecule has 0 radical (unpaired) electrons. The van der Waals surface area contributed by atoms with Gasteiger partial charge >= 0.3 is 0 Å². The van der Waals surface area contributed by atoms with E-state index in [4.69, 9.17) is 16.3 Å². The van der Waals surface area contributed by atoms with Crippen LogP contribution in [0.3, 0.4) is 0 Å². The van der Waals surface area contributed by atoms with Crippen molar-refractivity contribution in [1.29, 1.82) is 0 Å². The van der Waals surface area contributed by atoms with Crippen LogP contribution in [0.2, 0.25) is 5.02 Å². The van der Waals surface area contributed by atoms with Crippen molar-refractivity contribution in [2.75, 3.05) is 19.7 Å². The summed E-state index contributed by atoms with van der Waals surface area (Å²) >= 11 is 5.67. The van der Waals surface area contributed by atoms with Gasteiger partial charge in [0.15, 0.2) is 6.61 Å². The molecule has 2 bridgehead atoms. The molecule has 9 heteroatoms. The molecule has 1 aliphatic heterocycles. The smallest absolute Gasteiger partial charge is 0.258 e. The molecule has 180 valence electrons. The minimum Gasteiger partial charge on any atom is -0.484 e. The summed E-state index contributed by atoms with van der Waals surface area (Å²) in [6, 6.07) is 11.8. The van der Waals surface area contributed by atoms with Crippen LogP contribution >= 0.6 is 11.6 Å². The lowest BCUT2D eigenvalue weighted by molar-refractivity contribution is -0.124. The molecular weight excluding hydrogens is 459 g/mol. The molecule has 7 nitrogen and oxygen atoms in total. The number of hydrogen-bond acceptors (Lipinski definition) is 5. The second kappa shape index (κ2) is 9.52. The summed E-state index contributed by atoms with van der Waals surface area (Å²) in [5.41, 5.74) is 4.76. The zero-order chi connectivity index (χ0) is 23.7. The number of nitrogens with zero attached hydrogens (tertiary/aromatic N) is 1. The van der Waals surface area contributed by atoms with Gasteiger partial charge in [-0.25, -0.2) is 9.40 Å². The van der Waals surface area contributed by atoms with Crippen LogP contribution in [0, 0.1) is 11.7 Å².